The number of nitrogens with zero attached hydrogens (tertiary/aromatic N) is 1. The van der Waals surface area contributed by atoms with Crippen LogP contribution in [0, 0.1) is 0 Å². The van der Waals surface area contributed by atoms with Gasteiger partial charge in [0.1, 0.15) is 0 Å². The number of rotatable bonds is 6. The van der Waals surface area contributed by atoms with Crippen molar-refractivity contribution in [2.45, 2.75) is 32.8 Å². The van der Waals surface area contributed by atoms with Gasteiger partial charge in [-0.05, 0) is 26.8 Å². The normalized spacial score (nSPS) is 12.5. The molecule has 0 aromatic rings. The van der Waals surface area contributed by atoms with Crippen molar-refractivity contribution in [1.29, 1.82) is 0 Å². The number of aliphatic hydroxyl groups is 2. The van der Waals surface area contributed by atoms with E-state index >= 15 is 0 Å². The summed E-state index contributed by atoms with van der Waals surface area (Å²) in [5.74, 6) is 0. The molecule has 0 bridgehead atoms. The molecule has 0 fully saturated rings. The molecule has 3 nitrogen and oxygen atoms in total. The van der Waals surface area contributed by atoms with Gasteiger partial charge >= 0.3 is 0 Å². The van der Waals surface area contributed by atoms with E-state index in [0.717, 1.165) is 19.5 Å². The summed E-state index contributed by atoms with van der Waals surface area (Å²) in [7, 11) is 0. The minimum atomic E-state index is -0.594. The minimum absolute atomic E-state index is 0.194. The van der Waals surface area contributed by atoms with Gasteiger partial charge in [-0.25, -0.2) is 0 Å². The van der Waals surface area contributed by atoms with E-state index in [4.69, 9.17) is 5.11 Å². The highest BCUT2D eigenvalue weighted by atomic mass is 16.3. The standard InChI is InChI=1S/C9H21NO2/c1-4-10(7-8-11)6-5-9(2,3)12/h11-12H,4-8H2,1-3H3. The zero-order valence-corrected chi connectivity index (χ0v) is 8.38. The van der Waals surface area contributed by atoms with Gasteiger partial charge in [0, 0.05) is 13.1 Å². The largest absolute Gasteiger partial charge is 0.395 e. The molecule has 12 heavy (non-hydrogen) atoms. The molecule has 0 unspecified atom stereocenters. The highest BCUT2D eigenvalue weighted by Gasteiger charge is 2.13. The average Bonchev–Trinajstić information content (AvgIpc) is 1.96. The molecule has 0 saturated heterocycles. The SMILES string of the molecule is CCN(CCO)CCC(C)(C)O. The summed E-state index contributed by atoms with van der Waals surface area (Å²) >= 11 is 0. The first kappa shape index (κ1) is 11.9. The summed E-state index contributed by atoms with van der Waals surface area (Å²) in [5.41, 5.74) is -0.594. The Morgan fingerprint density at radius 2 is 1.83 bits per heavy atom. The van der Waals surface area contributed by atoms with E-state index in [-0.39, 0.29) is 6.61 Å². The summed E-state index contributed by atoms with van der Waals surface area (Å²) in [6, 6.07) is 0. The van der Waals surface area contributed by atoms with Crippen LogP contribution in [-0.2, 0) is 0 Å². The molecule has 3 heteroatoms. The van der Waals surface area contributed by atoms with E-state index in [2.05, 4.69) is 11.8 Å². The van der Waals surface area contributed by atoms with E-state index < -0.39 is 5.60 Å². The number of hydrogen-bond acceptors (Lipinski definition) is 3. The zero-order valence-electron chi connectivity index (χ0n) is 8.38. The van der Waals surface area contributed by atoms with Crippen LogP contribution in [0.1, 0.15) is 27.2 Å². The summed E-state index contributed by atoms with van der Waals surface area (Å²) in [5, 5.41) is 18.1. The molecule has 74 valence electrons. The molecule has 0 heterocycles. The summed E-state index contributed by atoms with van der Waals surface area (Å²) < 4.78 is 0. The van der Waals surface area contributed by atoms with Crippen LogP contribution in [0.3, 0.4) is 0 Å². The Balaban J connectivity index is 3.58. The molecule has 2 N–H and O–H groups in total. The lowest BCUT2D eigenvalue weighted by atomic mass is 10.1. The molecule has 0 amide bonds. The van der Waals surface area contributed by atoms with Gasteiger partial charge < -0.3 is 15.1 Å². The van der Waals surface area contributed by atoms with E-state index in [1.54, 1.807) is 13.8 Å². The molecule has 0 saturated carbocycles. The second-order valence-corrected chi connectivity index (χ2v) is 3.72. The van der Waals surface area contributed by atoms with Crippen LogP contribution in [0.5, 0.6) is 0 Å². The maximum Gasteiger partial charge on any atom is 0.0603 e. The summed E-state index contributed by atoms with van der Waals surface area (Å²) in [6.45, 7) is 8.34. The lowest BCUT2D eigenvalue weighted by Crippen LogP contribution is -2.32. The van der Waals surface area contributed by atoms with E-state index in [9.17, 15) is 5.11 Å². The van der Waals surface area contributed by atoms with Crippen molar-refractivity contribution in [3.63, 3.8) is 0 Å². The van der Waals surface area contributed by atoms with Crippen molar-refractivity contribution in [2.75, 3.05) is 26.2 Å². The van der Waals surface area contributed by atoms with Crippen molar-refractivity contribution in [1.82, 2.24) is 4.90 Å². The van der Waals surface area contributed by atoms with Crippen LogP contribution in [-0.4, -0.2) is 47.0 Å². The fraction of sp³-hybridized carbons (Fsp3) is 1.00. The molecular weight excluding hydrogens is 154 g/mol. The fourth-order valence-corrected chi connectivity index (χ4v) is 1.00. The Labute approximate surface area is 75.0 Å². The van der Waals surface area contributed by atoms with Gasteiger partial charge in [-0.1, -0.05) is 6.92 Å². The summed E-state index contributed by atoms with van der Waals surface area (Å²) in [6.07, 6.45) is 0.751. The van der Waals surface area contributed by atoms with Crippen molar-refractivity contribution in [3.05, 3.63) is 0 Å². The number of hydrogen-bond donors (Lipinski definition) is 2. The Kier molecular flexibility index (Phi) is 5.46. The molecule has 0 aliphatic heterocycles. The number of likely N-dealkylation sites (N-methyl/N-ethyl adjacent to an activating group) is 1. The average molecular weight is 175 g/mol. The molecule has 0 atom stereocenters. The van der Waals surface area contributed by atoms with E-state index in [1.165, 1.54) is 0 Å². The van der Waals surface area contributed by atoms with Crippen LogP contribution < -0.4 is 0 Å². The lowest BCUT2D eigenvalue weighted by Gasteiger charge is -2.24. The van der Waals surface area contributed by atoms with E-state index in [0.29, 0.717) is 6.54 Å². The second-order valence-electron chi connectivity index (χ2n) is 3.72. The van der Waals surface area contributed by atoms with E-state index in [1.807, 2.05) is 0 Å². The first-order valence-corrected chi connectivity index (χ1v) is 4.55. The highest BCUT2D eigenvalue weighted by Crippen LogP contribution is 2.07. The van der Waals surface area contributed by atoms with Crippen molar-refractivity contribution in [2.24, 2.45) is 0 Å². The highest BCUT2D eigenvalue weighted by molar-refractivity contribution is 4.67. The van der Waals surface area contributed by atoms with Crippen molar-refractivity contribution in [3.8, 4) is 0 Å². The molecule has 0 aromatic heterocycles. The first-order chi connectivity index (χ1) is 5.49. The predicted molar refractivity (Wildman–Crippen MR) is 50.1 cm³/mol. The summed E-state index contributed by atoms with van der Waals surface area (Å²) in [4.78, 5) is 2.12. The molecule has 0 aliphatic rings. The Hall–Kier alpha value is -0.120. The van der Waals surface area contributed by atoms with Crippen LogP contribution in [0.15, 0.2) is 0 Å². The third-order valence-corrected chi connectivity index (χ3v) is 1.90. The molecule has 0 radical (unpaired) electrons. The van der Waals surface area contributed by atoms with Crippen molar-refractivity contribution < 1.29 is 10.2 Å². The van der Waals surface area contributed by atoms with Gasteiger partial charge in [-0.15, -0.1) is 0 Å². The second kappa shape index (κ2) is 5.51. The molecule has 0 rings (SSSR count). The number of aliphatic hydroxyl groups excluding tert-OH is 1. The Morgan fingerprint density at radius 3 is 2.17 bits per heavy atom. The monoisotopic (exact) mass is 175 g/mol. The van der Waals surface area contributed by atoms with Crippen LogP contribution in [0.2, 0.25) is 0 Å². The first-order valence-electron chi connectivity index (χ1n) is 4.55. The molecular formula is C9H21NO2. The van der Waals surface area contributed by atoms with Gasteiger partial charge in [0.25, 0.3) is 0 Å². The van der Waals surface area contributed by atoms with Gasteiger partial charge in [-0.2, -0.15) is 0 Å². The van der Waals surface area contributed by atoms with Crippen LogP contribution in [0.25, 0.3) is 0 Å². The fourth-order valence-electron chi connectivity index (χ4n) is 1.00. The smallest absolute Gasteiger partial charge is 0.0603 e. The zero-order chi connectivity index (χ0) is 9.61. The Morgan fingerprint density at radius 1 is 1.25 bits per heavy atom. The lowest BCUT2D eigenvalue weighted by molar-refractivity contribution is 0.0558. The van der Waals surface area contributed by atoms with Gasteiger partial charge in [0.05, 0.1) is 12.2 Å². The van der Waals surface area contributed by atoms with Gasteiger partial charge in [0.2, 0.25) is 0 Å². The van der Waals surface area contributed by atoms with Crippen LogP contribution >= 0.6 is 0 Å². The Bertz CT molecular complexity index is 110. The third-order valence-electron chi connectivity index (χ3n) is 1.90. The topological polar surface area (TPSA) is 43.7 Å². The van der Waals surface area contributed by atoms with Crippen molar-refractivity contribution >= 4 is 0 Å². The molecule has 0 spiro atoms. The predicted octanol–water partition coefficient (Wildman–Crippen LogP) is 0.462. The van der Waals surface area contributed by atoms with Crippen LogP contribution in [0.4, 0.5) is 0 Å². The molecule has 0 aliphatic carbocycles. The quantitative estimate of drug-likeness (QED) is 0.616. The minimum Gasteiger partial charge on any atom is -0.395 e. The maximum atomic E-state index is 9.44. The molecule has 0 aromatic carbocycles. The third kappa shape index (κ3) is 6.58. The van der Waals surface area contributed by atoms with Gasteiger partial charge in [0.15, 0.2) is 0 Å². The van der Waals surface area contributed by atoms with Gasteiger partial charge in [-0.3, -0.25) is 0 Å². The maximum absolute atomic E-state index is 9.44.